The van der Waals surface area contributed by atoms with Crippen LogP contribution < -0.4 is 49.3 Å². The highest BCUT2D eigenvalue weighted by molar-refractivity contribution is 8.02. The van der Waals surface area contributed by atoms with Crippen LogP contribution in [0.4, 0.5) is 11.6 Å². The lowest BCUT2D eigenvalue weighted by Crippen LogP contribution is -2.55. The predicted molar refractivity (Wildman–Crippen MR) is 225 cm³/mol. The van der Waals surface area contributed by atoms with Gasteiger partial charge in [0.1, 0.15) is 30.9 Å². The minimum absolute atomic E-state index is 0.0336. The van der Waals surface area contributed by atoms with Crippen LogP contribution in [0.5, 0.6) is 0 Å². The lowest BCUT2D eigenvalue weighted by molar-refractivity contribution is -0.133. The van der Waals surface area contributed by atoms with Crippen molar-refractivity contribution in [3.05, 3.63) is 52.1 Å². The molecule has 0 aliphatic rings. The molecular weight excluding hydrogens is 807 g/mol. The summed E-state index contributed by atoms with van der Waals surface area (Å²) in [7, 11) is 0. The second kappa shape index (κ2) is 25.3. The molecule has 23 heteroatoms. The van der Waals surface area contributed by atoms with Crippen molar-refractivity contribution in [3.8, 4) is 0 Å². The number of nitrogens with one attached hydrogen (secondary N) is 6. The van der Waals surface area contributed by atoms with Gasteiger partial charge in [0.2, 0.25) is 23.7 Å². The van der Waals surface area contributed by atoms with Crippen molar-refractivity contribution >= 4 is 94.8 Å². The molecule has 0 saturated heterocycles. The van der Waals surface area contributed by atoms with E-state index in [-0.39, 0.29) is 67.4 Å². The number of carbonyl (C=O) groups is 7. The monoisotopic (exact) mass is 855 g/mol. The summed E-state index contributed by atoms with van der Waals surface area (Å²) in [4.78, 5) is 118. The van der Waals surface area contributed by atoms with Gasteiger partial charge in [0.05, 0.1) is 30.5 Å². The van der Waals surface area contributed by atoms with Gasteiger partial charge in [0.15, 0.2) is 17.1 Å². The average molecular weight is 856 g/mol. The summed E-state index contributed by atoms with van der Waals surface area (Å²) in [6.45, 7) is 2.36. The zero-order valence-electron chi connectivity index (χ0n) is 32.3. The normalized spacial score (nSPS) is 12.8. The van der Waals surface area contributed by atoms with Crippen LogP contribution in [0.1, 0.15) is 55.1 Å². The first-order valence-electron chi connectivity index (χ1n) is 18.5. The maximum Gasteiger partial charge on any atom is 0.280 e. The van der Waals surface area contributed by atoms with Crippen LogP contribution in [-0.2, 0) is 35.3 Å². The Morgan fingerprint density at radius 1 is 0.898 bits per heavy atom. The standard InChI is InChI=1S/C36H49N13O8S2/c1-2-58-14-15-59-20-25(19-52)45-32(55)27(11-13-50)47-33(56)26(4-3-12-40-35(37)38)46-28(53)10-9-23(18-51)44-31(54)21-5-7-22(8-6-21)41-16-24-17-42-30-29(43-24)34(57)49-36(39)48-30/h5-8,13,17-19,23,25-27,41H,2-4,9-12,14-16,20H2,1H3,(H,44,54)(H,45,55)(H,46,53)(H,47,56)(H4,37,38,40)(H3,39,42,48,49,57). The van der Waals surface area contributed by atoms with E-state index in [2.05, 4.69) is 51.5 Å². The Morgan fingerprint density at radius 3 is 2.29 bits per heavy atom. The molecule has 0 aliphatic carbocycles. The van der Waals surface area contributed by atoms with Gasteiger partial charge in [-0.1, -0.05) is 6.92 Å². The van der Waals surface area contributed by atoms with Gasteiger partial charge in [-0.2, -0.15) is 28.5 Å². The number of aromatic amines is 1. The zero-order chi connectivity index (χ0) is 43.2. The number of H-pyrrole nitrogens is 1. The van der Waals surface area contributed by atoms with Crippen molar-refractivity contribution in [2.24, 2.45) is 16.5 Å². The van der Waals surface area contributed by atoms with E-state index in [9.17, 15) is 38.4 Å². The molecule has 0 spiro atoms. The molecule has 2 aromatic heterocycles. The molecule has 0 radical (unpaired) electrons. The molecular formula is C36H49N13O8S2. The summed E-state index contributed by atoms with van der Waals surface area (Å²) >= 11 is 3.23. The minimum Gasteiger partial charge on any atom is -0.379 e. The highest BCUT2D eigenvalue weighted by atomic mass is 32.2. The smallest absolute Gasteiger partial charge is 0.280 e. The van der Waals surface area contributed by atoms with Crippen molar-refractivity contribution in [3.63, 3.8) is 0 Å². The second-order valence-electron chi connectivity index (χ2n) is 12.7. The molecule has 1 aromatic carbocycles. The topological polar surface area (TPSA) is 342 Å². The molecule has 2 heterocycles. The van der Waals surface area contributed by atoms with Gasteiger partial charge >= 0.3 is 0 Å². The van der Waals surface area contributed by atoms with Crippen molar-refractivity contribution in [1.29, 1.82) is 0 Å². The molecule has 21 nitrogen and oxygen atoms in total. The quantitative estimate of drug-likeness (QED) is 0.0188. The van der Waals surface area contributed by atoms with Crippen LogP contribution >= 0.6 is 23.5 Å². The van der Waals surface area contributed by atoms with E-state index < -0.39 is 59.8 Å². The van der Waals surface area contributed by atoms with Crippen molar-refractivity contribution in [1.82, 2.24) is 41.2 Å². The number of hydrogen-bond donors (Lipinski definition) is 9. The van der Waals surface area contributed by atoms with Crippen LogP contribution in [0.15, 0.2) is 40.2 Å². The summed E-state index contributed by atoms with van der Waals surface area (Å²) in [6, 6.07) is 1.85. The number of aliphatic imine (C=N–C) groups is 1. The van der Waals surface area contributed by atoms with E-state index in [1.165, 1.54) is 30.1 Å². The fraction of sp³-hybridized carbons (Fsp3) is 0.444. The number of rotatable bonds is 27. The van der Waals surface area contributed by atoms with E-state index in [1.54, 1.807) is 23.9 Å². The maximum atomic E-state index is 13.4. The Labute approximate surface area is 347 Å². The number of thioether (sulfide) groups is 2. The number of nitrogens with two attached hydrogens (primary N) is 3. The first-order chi connectivity index (χ1) is 28.4. The van der Waals surface area contributed by atoms with Crippen molar-refractivity contribution in [2.75, 3.05) is 40.6 Å². The highest BCUT2D eigenvalue weighted by Crippen LogP contribution is 2.13. The Bertz CT molecular complexity index is 2000. The van der Waals surface area contributed by atoms with Crippen LogP contribution in [0.2, 0.25) is 0 Å². The largest absolute Gasteiger partial charge is 0.379 e. The number of nitrogens with zero attached hydrogens (tertiary/aromatic N) is 4. The fourth-order valence-corrected chi connectivity index (χ4v) is 7.02. The van der Waals surface area contributed by atoms with Gasteiger partial charge < -0.3 is 58.2 Å². The van der Waals surface area contributed by atoms with Crippen molar-refractivity contribution in [2.45, 2.75) is 69.7 Å². The van der Waals surface area contributed by atoms with Crippen LogP contribution in [-0.4, -0.2) is 122 Å². The lowest BCUT2D eigenvalue weighted by atomic mass is 10.1. The van der Waals surface area contributed by atoms with E-state index >= 15 is 0 Å². The predicted octanol–water partition coefficient (Wildman–Crippen LogP) is -1.23. The van der Waals surface area contributed by atoms with Crippen LogP contribution in [0.3, 0.4) is 0 Å². The molecule has 3 rings (SSSR count). The number of anilines is 2. The summed E-state index contributed by atoms with van der Waals surface area (Å²) in [6.07, 6.45) is 2.47. The van der Waals surface area contributed by atoms with E-state index in [0.29, 0.717) is 36.0 Å². The SMILES string of the molecule is CCSCCSCC(C=O)NC(=O)C(CC=O)NC(=O)C(CCCN=C(N)N)NC(=O)CCC(C=O)NC(=O)c1ccc(NCc2cnc3nc(N)[nH]c(=O)c3n2)cc1. The number of fused-ring (bicyclic) bond motifs is 1. The van der Waals surface area contributed by atoms with Gasteiger partial charge in [-0.05, 0) is 49.3 Å². The van der Waals surface area contributed by atoms with E-state index in [0.717, 1.165) is 17.3 Å². The maximum absolute atomic E-state index is 13.4. The summed E-state index contributed by atoms with van der Waals surface area (Å²) in [5, 5.41) is 13.3. The molecule has 0 bridgehead atoms. The number of benzene rings is 1. The van der Waals surface area contributed by atoms with Crippen LogP contribution in [0, 0.1) is 0 Å². The van der Waals surface area contributed by atoms with Gasteiger partial charge in [0, 0.05) is 47.9 Å². The average Bonchev–Trinajstić information content (AvgIpc) is 3.21. The number of amides is 4. The van der Waals surface area contributed by atoms with Gasteiger partial charge in [-0.25, -0.2) is 9.97 Å². The van der Waals surface area contributed by atoms with Crippen molar-refractivity contribution < 1.29 is 33.6 Å². The third kappa shape index (κ3) is 16.7. The molecule has 0 aliphatic heterocycles. The minimum atomic E-state index is -1.33. The molecule has 318 valence electrons. The third-order valence-electron chi connectivity index (χ3n) is 8.20. The fourth-order valence-electron chi connectivity index (χ4n) is 5.21. The molecule has 4 atom stereocenters. The van der Waals surface area contributed by atoms with Gasteiger partial charge in [-0.15, -0.1) is 0 Å². The molecule has 0 saturated carbocycles. The number of guanidine groups is 1. The number of aldehydes is 3. The first-order valence-corrected chi connectivity index (χ1v) is 20.8. The second-order valence-corrected chi connectivity index (χ2v) is 15.3. The Balaban J connectivity index is 1.55. The molecule has 12 N–H and O–H groups in total. The van der Waals surface area contributed by atoms with Crippen LogP contribution in [0.25, 0.3) is 11.2 Å². The number of aromatic nitrogens is 4. The lowest BCUT2D eigenvalue weighted by Gasteiger charge is -2.23. The molecule has 3 aromatic rings. The first kappa shape index (κ1) is 47.3. The number of hydrogen-bond acceptors (Lipinski definition) is 16. The Kier molecular flexibility index (Phi) is 20.3. The Hall–Kier alpha value is -6.10. The number of nitrogen functional groups attached to an aromatic ring is 1. The molecule has 4 amide bonds. The third-order valence-corrected chi connectivity index (χ3v) is 10.4. The zero-order valence-corrected chi connectivity index (χ0v) is 33.9. The molecule has 0 fully saturated rings. The number of carbonyl (C=O) groups excluding carboxylic acids is 7. The van der Waals surface area contributed by atoms with E-state index in [4.69, 9.17) is 17.2 Å². The van der Waals surface area contributed by atoms with E-state index in [1.807, 2.05) is 6.92 Å². The summed E-state index contributed by atoms with van der Waals surface area (Å²) in [5.41, 5.74) is 17.2. The highest BCUT2D eigenvalue weighted by Gasteiger charge is 2.28. The summed E-state index contributed by atoms with van der Waals surface area (Å²) in [5.74, 6) is -0.0638. The molecule has 59 heavy (non-hydrogen) atoms. The molecule has 4 unspecified atom stereocenters. The summed E-state index contributed by atoms with van der Waals surface area (Å²) < 4.78 is 0. The van der Waals surface area contributed by atoms with Gasteiger partial charge in [0.25, 0.3) is 11.5 Å². The Morgan fingerprint density at radius 2 is 1.61 bits per heavy atom. The van der Waals surface area contributed by atoms with Gasteiger partial charge in [-0.3, -0.25) is 33.9 Å².